The van der Waals surface area contributed by atoms with Crippen LogP contribution >= 0.6 is 0 Å². The zero-order chi connectivity index (χ0) is 19.3. The van der Waals surface area contributed by atoms with Crippen LogP contribution in [0.3, 0.4) is 0 Å². The zero-order valence-corrected chi connectivity index (χ0v) is 13.9. The van der Waals surface area contributed by atoms with E-state index < -0.39 is 18.8 Å². The Morgan fingerprint density at radius 1 is 0.889 bits per heavy atom. The van der Waals surface area contributed by atoms with Crippen LogP contribution in [-0.2, 0) is 6.54 Å². The van der Waals surface area contributed by atoms with Crippen LogP contribution in [0.1, 0.15) is 5.56 Å². The third-order valence-corrected chi connectivity index (χ3v) is 3.38. The van der Waals surface area contributed by atoms with Gasteiger partial charge in [-0.2, -0.15) is 28.1 Å². The SMILES string of the molecule is Fc1ccc(CNc2nc(OCC(F)(F)F)nc(-c3ccccc3)n2)cc1. The van der Waals surface area contributed by atoms with Crippen molar-refractivity contribution in [1.82, 2.24) is 15.0 Å². The molecule has 2 aromatic carbocycles. The average Bonchev–Trinajstić information content (AvgIpc) is 2.66. The van der Waals surface area contributed by atoms with Gasteiger partial charge in [0.15, 0.2) is 12.4 Å². The molecule has 1 N–H and O–H groups in total. The lowest BCUT2D eigenvalue weighted by Crippen LogP contribution is -2.20. The summed E-state index contributed by atoms with van der Waals surface area (Å²) >= 11 is 0. The second-order valence-electron chi connectivity index (χ2n) is 5.52. The molecule has 0 unspecified atom stereocenters. The number of hydrogen-bond donors (Lipinski definition) is 1. The fourth-order valence-corrected chi connectivity index (χ4v) is 2.15. The molecular weight excluding hydrogens is 364 g/mol. The molecule has 0 radical (unpaired) electrons. The highest BCUT2D eigenvalue weighted by Gasteiger charge is 2.29. The quantitative estimate of drug-likeness (QED) is 0.651. The number of nitrogens with zero attached hydrogens (tertiary/aromatic N) is 3. The second kappa shape index (κ2) is 7.98. The molecule has 0 atom stereocenters. The topological polar surface area (TPSA) is 59.9 Å². The first-order valence-electron chi connectivity index (χ1n) is 7.88. The van der Waals surface area contributed by atoms with Crippen molar-refractivity contribution in [2.24, 2.45) is 0 Å². The van der Waals surface area contributed by atoms with Gasteiger partial charge < -0.3 is 10.1 Å². The number of aromatic nitrogens is 3. The van der Waals surface area contributed by atoms with Gasteiger partial charge in [0.1, 0.15) is 5.82 Å². The number of hydrogen-bond acceptors (Lipinski definition) is 5. The normalized spacial score (nSPS) is 11.3. The number of nitrogens with one attached hydrogen (secondary N) is 1. The van der Waals surface area contributed by atoms with E-state index in [9.17, 15) is 17.6 Å². The monoisotopic (exact) mass is 378 g/mol. The Morgan fingerprint density at radius 3 is 2.26 bits per heavy atom. The third-order valence-electron chi connectivity index (χ3n) is 3.38. The van der Waals surface area contributed by atoms with Crippen molar-refractivity contribution < 1.29 is 22.3 Å². The van der Waals surface area contributed by atoms with E-state index in [1.807, 2.05) is 0 Å². The van der Waals surface area contributed by atoms with Crippen LogP contribution in [0.2, 0.25) is 0 Å². The van der Waals surface area contributed by atoms with E-state index in [2.05, 4.69) is 25.0 Å². The van der Waals surface area contributed by atoms with Crippen LogP contribution < -0.4 is 10.1 Å². The van der Waals surface area contributed by atoms with Gasteiger partial charge in [-0.15, -0.1) is 0 Å². The summed E-state index contributed by atoms with van der Waals surface area (Å²) in [5.74, 6) is -0.150. The molecule has 0 amide bonds. The molecule has 0 aliphatic carbocycles. The highest BCUT2D eigenvalue weighted by Crippen LogP contribution is 2.21. The standard InChI is InChI=1S/C18H14F4N4O/c19-14-8-6-12(7-9-14)10-23-16-24-15(13-4-2-1-3-5-13)25-17(26-16)27-11-18(20,21)22/h1-9H,10-11H2,(H,23,24,25,26). The summed E-state index contributed by atoms with van der Waals surface area (Å²) in [5.41, 5.74) is 1.34. The Balaban J connectivity index is 1.83. The number of benzene rings is 2. The van der Waals surface area contributed by atoms with Gasteiger partial charge >= 0.3 is 12.2 Å². The average molecular weight is 378 g/mol. The molecule has 3 aromatic rings. The Hall–Kier alpha value is -3.23. The summed E-state index contributed by atoms with van der Waals surface area (Å²) in [4.78, 5) is 12.0. The van der Waals surface area contributed by atoms with Crippen molar-refractivity contribution in [3.63, 3.8) is 0 Å². The lowest BCUT2D eigenvalue weighted by Gasteiger charge is -2.11. The molecule has 5 nitrogen and oxygen atoms in total. The molecule has 3 rings (SSSR count). The minimum Gasteiger partial charge on any atom is -0.454 e. The second-order valence-corrected chi connectivity index (χ2v) is 5.52. The van der Waals surface area contributed by atoms with Gasteiger partial charge in [0.25, 0.3) is 0 Å². The minimum absolute atomic E-state index is 0.0466. The largest absolute Gasteiger partial charge is 0.454 e. The number of rotatable bonds is 6. The van der Waals surface area contributed by atoms with Crippen molar-refractivity contribution in [3.05, 3.63) is 66.0 Å². The van der Waals surface area contributed by atoms with E-state index >= 15 is 0 Å². The van der Waals surface area contributed by atoms with Gasteiger partial charge in [0.2, 0.25) is 5.95 Å². The van der Waals surface area contributed by atoms with E-state index in [1.165, 1.54) is 12.1 Å². The maximum Gasteiger partial charge on any atom is 0.422 e. The van der Waals surface area contributed by atoms with E-state index in [4.69, 9.17) is 0 Å². The van der Waals surface area contributed by atoms with Crippen LogP contribution in [-0.4, -0.2) is 27.7 Å². The zero-order valence-electron chi connectivity index (χ0n) is 13.9. The molecule has 0 spiro atoms. The maximum atomic E-state index is 13.0. The number of anilines is 1. The van der Waals surface area contributed by atoms with E-state index in [-0.39, 0.29) is 24.1 Å². The molecule has 0 aliphatic rings. The van der Waals surface area contributed by atoms with Gasteiger partial charge in [-0.3, -0.25) is 0 Å². The highest BCUT2D eigenvalue weighted by atomic mass is 19.4. The first-order valence-corrected chi connectivity index (χ1v) is 7.88. The van der Waals surface area contributed by atoms with Gasteiger partial charge in [-0.25, -0.2) is 4.39 Å². The lowest BCUT2D eigenvalue weighted by molar-refractivity contribution is -0.154. The van der Waals surface area contributed by atoms with Crippen molar-refractivity contribution in [1.29, 1.82) is 0 Å². The van der Waals surface area contributed by atoms with E-state index in [0.29, 0.717) is 5.56 Å². The Labute approximate surface area is 152 Å². The van der Waals surface area contributed by atoms with Crippen LogP contribution in [0.25, 0.3) is 11.4 Å². The van der Waals surface area contributed by atoms with Crippen molar-refractivity contribution in [2.75, 3.05) is 11.9 Å². The summed E-state index contributed by atoms with van der Waals surface area (Å²) in [6.45, 7) is -1.26. The lowest BCUT2D eigenvalue weighted by atomic mass is 10.2. The molecule has 1 heterocycles. The Kier molecular flexibility index (Phi) is 5.49. The Bertz CT molecular complexity index is 886. The molecule has 0 aliphatic heterocycles. The predicted octanol–water partition coefficient (Wildman–Crippen LogP) is 4.23. The third kappa shape index (κ3) is 5.63. The van der Waals surface area contributed by atoms with Gasteiger partial charge in [0.05, 0.1) is 0 Å². The van der Waals surface area contributed by atoms with Crippen molar-refractivity contribution >= 4 is 5.95 Å². The molecule has 9 heteroatoms. The smallest absolute Gasteiger partial charge is 0.422 e. The molecule has 0 fully saturated rings. The van der Waals surface area contributed by atoms with E-state index in [0.717, 1.165) is 5.56 Å². The molecule has 0 bridgehead atoms. The summed E-state index contributed by atoms with van der Waals surface area (Å²) < 4.78 is 54.9. The molecule has 0 saturated carbocycles. The predicted molar refractivity (Wildman–Crippen MR) is 90.5 cm³/mol. The first kappa shape index (κ1) is 18.6. The number of ether oxygens (including phenoxy) is 1. The molecule has 27 heavy (non-hydrogen) atoms. The van der Waals surface area contributed by atoms with Crippen LogP contribution in [0, 0.1) is 5.82 Å². The number of halogens is 4. The fourth-order valence-electron chi connectivity index (χ4n) is 2.15. The highest BCUT2D eigenvalue weighted by molar-refractivity contribution is 5.56. The minimum atomic E-state index is -4.51. The molecule has 1 aromatic heterocycles. The molecule has 0 saturated heterocycles. The van der Waals surface area contributed by atoms with Gasteiger partial charge in [0, 0.05) is 12.1 Å². The van der Waals surface area contributed by atoms with Crippen LogP contribution in [0.5, 0.6) is 6.01 Å². The number of alkyl halides is 3. The summed E-state index contributed by atoms with van der Waals surface area (Å²) in [6, 6.07) is 14.0. The Morgan fingerprint density at radius 2 is 1.59 bits per heavy atom. The van der Waals surface area contributed by atoms with Gasteiger partial charge in [-0.05, 0) is 17.7 Å². The summed E-state index contributed by atoms with van der Waals surface area (Å²) in [6.07, 6.45) is -4.51. The summed E-state index contributed by atoms with van der Waals surface area (Å²) in [5, 5.41) is 2.88. The van der Waals surface area contributed by atoms with Crippen molar-refractivity contribution in [2.45, 2.75) is 12.7 Å². The molecule has 140 valence electrons. The molecular formula is C18H14F4N4O. The first-order chi connectivity index (χ1) is 12.9. The van der Waals surface area contributed by atoms with Gasteiger partial charge in [-0.1, -0.05) is 42.5 Å². The summed E-state index contributed by atoms with van der Waals surface area (Å²) in [7, 11) is 0. The van der Waals surface area contributed by atoms with Crippen LogP contribution in [0.15, 0.2) is 54.6 Å². The van der Waals surface area contributed by atoms with E-state index in [1.54, 1.807) is 42.5 Å². The fraction of sp³-hybridized carbons (Fsp3) is 0.167. The van der Waals surface area contributed by atoms with Crippen molar-refractivity contribution in [3.8, 4) is 17.4 Å². The van der Waals surface area contributed by atoms with Crippen LogP contribution in [0.4, 0.5) is 23.5 Å². The maximum absolute atomic E-state index is 13.0.